The summed E-state index contributed by atoms with van der Waals surface area (Å²) < 4.78 is 13.8. The molecule has 0 N–H and O–H groups in total. The minimum Gasteiger partial charge on any atom is -0.298 e. The zero-order valence-corrected chi connectivity index (χ0v) is 11.2. The Morgan fingerprint density at radius 2 is 1.95 bits per heavy atom. The molecule has 1 aliphatic rings. The van der Waals surface area contributed by atoms with Crippen LogP contribution in [0.25, 0.3) is 0 Å². The van der Waals surface area contributed by atoms with Crippen molar-refractivity contribution in [3.63, 3.8) is 0 Å². The molecule has 2 aromatic carbocycles. The standard InChI is InChI=1S/C16H13FOS/c17-15-6-2-5-13(10-18)16(15)19-14-8-7-11-3-1-4-12(11)9-14/h2,5-10H,1,3-4H2. The number of carbonyl (C=O) groups is 1. The first-order valence-corrected chi connectivity index (χ1v) is 7.13. The average Bonchev–Trinajstić information content (AvgIpc) is 2.88. The Bertz CT molecular complexity index is 637. The molecule has 0 unspecified atom stereocenters. The monoisotopic (exact) mass is 272 g/mol. The van der Waals surface area contributed by atoms with Crippen molar-refractivity contribution in [1.82, 2.24) is 0 Å². The lowest BCUT2D eigenvalue weighted by molar-refractivity contribution is 0.112. The van der Waals surface area contributed by atoms with Gasteiger partial charge in [-0.15, -0.1) is 0 Å². The Morgan fingerprint density at radius 1 is 1.11 bits per heavy atom. The third-order valence-corrected chi connectivity index (χ3v) is 4.54. The molecule has 0 spiro atoms. The van der Waals surface area contributed by atoms with E-state index in [-0.39, 0.29) is 5.82 Å². The summed E-state index contributed by atoms with van der Waals surface area (Å²) in [4.78, 5) is 12.4. The Morgan fingerprint density at radius 3 is 2.79 bits per heavy atom. The van der Waals surface area contributed by atoms with E-state index >= 15 is 0 Å². The largest absolute Gasteiger partial charge is 0.298 e. The van der Waals surface area contributed by atoms with Crippen LogP contribution in [-0.4, -0.2) is 6.29 Å². The quantitative estimate of drug-likeness (QED) is 0.776. The first-order valence-electron chi connectivity index (χ1n) is 6.31. The molecule has 2 aromatic rings. The smallest absolute Gasteiger partial charge is 0.151 e. The molecule has 3 rings (SSSR count). The third-order valence-electron chi connectivity index (χ3n) is 3.41. The van der Waals surface area contributed by atoms with Gasteiger partial charge in [0.15, 0.2) is 6.29 Å². The summed E-state index contributed by atoms with van der Waals surface area (Å²) in [6.45, 7) is 0. The van der Waals surface area contributed by atoms with E-state index in [9.17, 15) is 9.18 Å². The number of aryl methyl sites for hydroxylation is 2. The van der Waals surface area contributed by atoms with Gasteiger partial charge in [0.25, 0.3) is 0 Å². The molecular formula is C16H13FOS. The first kappa shape index (κ1) is 12.4. The lowest BCUT2D eigenvalue weighted by Gasteiger charge is -2.07. The molecule has 0 fully saturated rings. The van der Waals surface area contributed by atoms with Crippen molar-refractivity contribution < 1.29 is 9.18 Å². The van der Waals surface area contributed by atoms with Gasteiger partial charge in [0.2, 0.25) is 0 Å². The number of carbonyl (C=O) groups excluding carboxylic acids is 1. The molecule has 0 saturated heterocycles. The van der Waals surface area contributed by atoms with Gasteiger partial charge in [-0.2, -0.15) is 0 Å². The van der Waals surface area contributed by atoms with Crippen molar-refractivity contribution in [1.29, 1.82) is 0 Å². The average molecular weight is 272 g/mol. The van der Waals surface area contributed by atoms with Gasteiger partial charge in [-0.3, -0.25) is 4.79 Å². The van der Waals surface area contributed by atoms with Crippen LogP contribution in [0, 0.1) is 5.82 Å². The molecule has 19 heavy (non-hydrogen) atoms. The fourth-order valence-corrected chi connectivity index (χ4v) is 3.43. The second-order valence-electron chi connectivity index (χ2n) is 4.66. The number of halogens is 1. The predicted molar refractivity (Wildman–Crippen MR) is 74.4 cm³/mol. The fraction of sp³-hybridized carbons (Fsp3) is 0.188. The summed E-state index contributed by atoms with van der Waals surface area (Å²) in [5, 5.41) is 0. The zero-order chi connectivity index (χ0) is 13.2. The van der Waals surface area contributed by atoms with Crippen molar-refractivity contribution in [2.24, 2.45) is 0 Å². The number of rotatable bonds is 3. The maximum Gasteiger partial charge on any atom is 0.151 e. The first-order chi connectivity index (χ1) is 9.28. The van der Waals surface area contributed by atoms with Crippen LogP contribution in [0.3, 0.4) is 0 Å². The van der Waals surface area contributed by atoms with Crippen LogP contribution in [0.15, 0.2) is 46.2 Å². The molecule has 1 nitrogen and oxygen atoms in total. The molecule has 1 aliphatic carbocycles. The van der Waals surface area contributed by atoms with Crippen LogP contribution in [0.4, 0.5) is 4.39 Å². The van der Waals surface area contributed by atoms with Crippen LogP contribution < -0.4 is 0 Å². The summed E-state index contributed by atoms with van der Waals surface area (Å²) in [6.07, 6.45) is 4.14. The summed E-state index contributed by atoms with van der Waals surface area (Å²) in [7, 11) is 0. The number of hydrogen-bond donors (Lipinski definition) is 0. The summed E-state index contributed by atoms with van der Waals surface area (Å²) in [6, 6.07) is 10.8. The van der Waals surface area contributed by atoms with Crippen molar-refractivity contribution in [2.45, 2.75) is 29.1 Å². The van der Waals surface area contributed by atoms with Crippen molar-refractivity contribution >= 4 is 18.0 Å². The summed E-state index contributed by atoms with van der Waals surface area (Å²) in [5.41, 5.74) is 3.16. The lowest BCUT2D eigenvalue weighted by atomic mass is 10.1. The van der Waals surface area contributed by atoms with E-state index in [1.165, 1.54) is 35.4 Å². The highest BCUT2D eigenvalue weighted by molar-refractivity contribution is 7.99. The molecule has 0 heterocycles. The van der Waals surface area contributed by atoms with Gasteiger partial charge < -0.3 is 0 Å². The molecular weight excluding hydrogens is 259 g/mol. The topological polar surface area (TPSA) is 17.1 Å². The van der Waals surface area contributed by atoms with Crippen molar-refractivity contribution in [2.75, 3.05) is 0 Å². The third kappa shape index (κ3) is 2.43. The summed E-state index contributed by atoms with van der Waals surface area (Å²) >= 11 is 1.33. The highest BCUT2D eigenvalue weighted by Gasteiger charge is 2.13. The van der Waals surface area contributed by atoms with Crippen LogP contribution >= 0.6 is 11.8 Å². The van der Waals surface area contributed by atoms with Crippen LogP contribution in [0.2, 0.25) is 0 Å². The normalized spacial score (nSPS) is 13.3. The number of benzene rings is 2. The highest BCUT2D eigenvalue weighted by atomic mass is 32.2. The molecule has 0 radical (unpaired) electrons. The molecule has 0 aliphatic heterocycles. The molecule has 3 heteroatoms. The van der Waals surface area contributed by atoms with E-state index in [1.807, 2.05) is 6.07 Å². The molecule has 96 valence electrons. The second-order valence-corrected chi connectivity index (χ2v) is 5.75. The Balaban J connectivity index is 1.95. The van der Waals surface area contributed by atoms with E-state index in [4.69, 9.17) is 0 Å². The van der Waals surface area contributed by atoms with Gasteiger partial charge in [0, 0.05) is 10.5 Å². The number of aldehydes is 1. The van der Waals surface area contributed by atoms with Gasteiger partial charge in [-0.25, -0.2) is 4.39 Å². The van der Waals surface area contributed by atoms with Crippen LogP contribution in [0.5, 0.6) is 0 Å². The molecule has 0 amide bonds. The minimum atomic E-state index is -0.338. The fourth-order valence-electron chi connectivity index (χ4n) is 2.46. The van der Waals surface area contributed by atoms with Gasteiger partial charge in [0.05, 0.1) is 4.90 Å². The zero-order valence-electron chi connectivity index (χ0n) is 10.4. The SMILES string of the molecule is O=Cc1cccc(F)c1Sc1ccc2c(c1)CCC2. The maximum absolute atomic E-state index is 13.8. The molecule has 0 bridgehead atoms. The van der Waals surface area contributed by atoms with E-state index in [0.717, 1.165) is 17.7 Å². The molecule has 0 saturated carbocycles. The predicted octanol–water partition coefficient (Wildman–Crippen LogP) is 4.28. The van der Waals surface area contributed by atoms with Crippen LogP contribution in [-0.2, 0) is 12.8 Å². The highest BCUT2D eigenvalue weighted by Crippen LogP contribution is 2.34. The van der Waals surface area contributed by atoms with E-state index in [2.05, 4.69) is 12.1 Å². The Kier molecular flexibility index (Phi) is 3.38. The van der Waals surface area contributed by atoms with Gasteiger partial charge in [-0.05, 0) is 48.6 Å². The van der Waals surface area contributed by atoms with Gasteiger partial charge >= 0.3 is 0 Å². The second kappa shape index (κ2) is 5.17. The molecule has 0 aromatic heterocycles. The maximum atomic E-state index is 13.8. The van der Waals surface area contributed by atoms with Crippen molar-refractivity contribution in [3.05, 3.63) is 58.9 Å². The van der Waals surface area contributed by atoms with Gasteiger partial charge in [0.1, 0.15) is 5.82 Å². The summed E-state index contributed by atoms with van der Waals surface area (Å²) in [5.74, 6) is -0.338. The number of fused-ring (bicyclic) bond motifs is 1. The molecule has 0 atom stereocenters. The van der Waals surface area contributed by atoms with E-state index < -0.39 is 0 Å². The van der Waals surface area contributed by atoms with Crippen LogP contribution in [0.1, 0.15) is 27.9 Å². The Hall–Kier alpha value is -1.61. The van der Waals surface area contributed by atoms with Crippen molar-refractivity contribution in [3.8, 4) is 0 Å². The lowest BCUT2D eigenvalue weighted by Crippen LogP contribution is -1.90. The number of hydrogen-bond acceptors (Lipinski definition) is 2. The minimum absolute atomic E-state index is 0.338. The van der Waals surface area contributed by atoms with E-state index in [0.29, 0.717) is 16.7 Å². The van der Waals surface area contributed by atoms with E-state index in [1.54, 1.807) is 12.1 Å². The Labute approximate surface area is 115 Å². The van der Waals surface area contributed by atoms with Gasteiger partial charge in [-0.1, -0.05) is 30.0 Å².